The van der Waals surface area contributed by atoms with Gasteiger partial charge in [0, 0.05) is 26.7 Å². The smallest absolute Gasteiger partial charge is 0.128 e. The largest absolute Gasteiger partial charge is 0.379 e. The molecule has 1 aromatic rings. The van der Waals surface area contributed by atoms with Crippen LogP contribution >= 0.6 is 0 Å². The zero-order chi connectivity index (χ0) is 12.3. The average Bonchev–Trinajstić information content (AvgIpc) is 2.39. The molecular formula is C13H21N3O. The summed E-state index contributed by atoms with van der Waals surface area (Å²) < 4.78 is 5.52. The molecule has 17 heavy (non-hydrogen) atoms. The van der Waals surface area contributed by atoms with Crippen molar-refractivity contribution in [3.63, 3.8) is 0 Å². The summed E-state index contributed by atoms with van der Waals surface area (Å²) in [5, 5.41) is 0. The SMILES string of the molecule is COC1CN(c2cccc(CN)n2)CCC1C. The number of methoxy groups -OCH3 is 1. The Hall–Kier alpha value is -1.13. The number of hydrogen-bond donors (Lipinski definition) is 1. The Morgan fingerprint density at radius 1 is 1.53 bits per heavy atom. The minimum atomic E-state index is 0.298. The number of ether oxygens (including phenoxy) is 1. The lowest BCUT2D eigenvalue weighted by Crippen LogP contribution is -2.44. The van der Waals surface area contributed by atoms with Crippen molar-refractivity contribution < 1.29 is 4.74 Å². The van der Waals surface area contributed by atoms with E-state index in [1.807, 2.05) is 18.2 Å². The van der Waals surface area contributed by atoms with Crippen molar-refractivity contribution in [2.24, 2.45) is 11.7 Å². The van der Waals surface area contributed by atoms with E-state index in [9.17, 15) is 0 Å². The van der Waals surface area contributed by atoms with Crippen molar-refractivity contribution in [3.05, 3.63) is 23.9 Å². The summed E-state index contributed by atoms with van der Waals surface area (Å²) in [5.41, 5.74) is 6.56. The maximum Gasteiger partial charge on any atom is 0.128 e. The van der Waals surface area contributed by atoms with Gasteiger partial charge >= 0.3 is 0 Å². The van der Waals surface area contributed by atoms with Crippen LogP contribution in [0.2, 0.25) is 0 Å². The molecule has 0 saturated carbocycles. The predicted molar refractivity (Wildman–Crippen MR) is 68.9 cm³/mol. The van der Waals surface area contributed by atoms with Gasteiger partial charge in [-0.1, -0.05) is 13.0 Å². The van der Waals surface area contributed by atoms with Crippen molar-refractivity contribution >= 4 is 5.82 Å². The van der Waals surface area contributed by atoms with Crippen LogP contribution in [0.25, 0.3) is 0 Å². The molecule has 1 saturated heterocycles. The van der Waals surface area contributed by atoms with Crippen LogP contribution in [0.15, 0.2) is 18.2 Å². The van der Waals surface area contributed by atoms with E-state index in [1.165, 1.54) is 0 Å². The van der Waals surface area contributed by atoms with Gasteiger partial charge in [-0.05, 0) is 24.5 Å². The van der Waals surface area contributed by atoms with Gasteiger partial charge in [-0.3, -0.25) is 0 Å². The summed E-state index contributed by atoms with van der Waals surface area (Å²) in [6.45, 7) is 4.70. The van der Waals surface area contributed by atoms with Crippen LogP contribution < -0.4 is 10.6 Å². The van der Waals surface area contributed by atoms with Gasteiger partial charge in [-0.2, -0.15) is 0 Å². The zero-order valence-corrected chi connectivity index (χ0v) is 10.6. The van der Waals surface area contributed by atoms with E-state index in [1.54, 1.807) is 7.11 Å². The van der Waals surface area contributed by atoms with Crippen LogP contribution in [0.5, 0.6) is 0 Å². The van der Waals surface area contributed by atoms with E-state index in [-0.39, 0.29) is 0 Å². The van der Waals surface area contributed by atoms with Gasteiger partial charge in [-0.15, -0.1) is 0 Å². The third-order valence-corrected chi connectivity index (χ3v) is 3.52. The molecule has 0 aliphatic carbocycles. The van der Waals surface area contributed by atoms with Crippen LogP contribution in [-0.2, 0) is 11.3 Å². The number of piperidine rings is 1. The molecule has 0 radical (unpaired) electrons. The van der Waals surface area contributed by atoms with Crippen LogP contribution in [0.1, 0.15) is 19.0 Å². The first-order valence-electron chi connectivity index (χ1n) is 6.18. The molecule has 2 unspecified atom stereocenters. The Bertz CT molecular complexity index is 369. The molecule has 4 nitrogen and oxygen atoms in total. The van der Waals surface area contributed by atoms with Crippen molar-refractivity contribution in [1.29, 1.82) is 0 Å². The van der Waals surface area contributed by atoms with Gasteiger partial charge in [0.2, 0.25) is 0 Å². The van der Waals surface area contributed by atoms with Crippen LogP contribution in [0.4, 0.5) is 5.82 Å². The Morgan fingerprint density at radius 2 is 2.35 bits per heavy atom. The van der Waals surface area contributed by atoms with Gasteiger partial charge in [0.05, 0.1) is 11.8 Å². The highest BCUT2D eigenvalue weighted by Gasteiger charge is 2.26. The maximum absolute atomic E-state index is 5.62. The molecule has 1 aliphatic rings. The third kappa shape index (κ3) is 2.76. The van der Waals surface area contributed by atoms with Crippen molar-refractivity contribution in [2.45, 2.75) is 26.0 Å². The molecule has 0 amide bonds. The average molecular weight is 235 g/mol. The van der Waals surface area contributed by atoms with Crippen LogP contribution in [0.3, 0.4) is 0 Å². The van der Waals surface area contributed by atoms with Crippen molar-refractivity contribution in [2.75, 3.05) is 25.1 Å². The molecule has 0 aromatic carbocycles. The Balaban J connectivity index is 2.11. The minimum Gasteiger partial charge on any atom is -0.379 e. The summed E-state index contributed by atoms with van der Waals surface area (Å²) in [4.78, 5) is 6.84. The Kier molecular flexibility index (Phi) is 3.97. The lowest BCUT2D eigenvalue weighted by atomic mass is 9.96. The fraction of sp³-hybridized carbons (Fsp3) is 0.615. The van der Waals surface area contributed by atoms with E-state index >= 15 is 0 Å². The molecule has 94 valence electrons. The van der Waals surface area contributed by atoms with Gasteiger partial charge in [0.15, 0.2) is 0 Å². The van der Waals surface area contributed by atoms with Crippen LogP contribution in [-0.4, -0.2) is 31.3 Å². The first kappa shape index (κ1) is 12.3. The summed E-state index contributed by atoms with van der Waals surface area (Å²) in [6, 6.07) is 6.02. The zero-order valence-electron chi connectivity index (χ0n) is 10.6. The van der Waals surface area contributed by atoms with Crippen LogP contribution in [0, 0.1) is 5.92 Å². The second-order valence-corrected chi connectivity index (χ2v) is 4.68. The lowest BCUT2D eigenvalue weighted by Gasteiger charge is -2.37. The topological polar surface area (TPSA) is 51.4 Å². The second kappa shape index (κ2) is 5.47. The molecule has 2 heterocycles. The molecule has 1 fully saturated rings. The summed E-state index contributed by atoms with van der Waals surface area (Å²) in [6.07, 6.45) is 1.44. The second-order valence-electron chi connectivity index (χ2n) is 4.68. The normalized spacial score (nSPS) is 25.0. The highest BCUT2D eigenvalue weighted by Crippen LogP contribution is 2.23. The first-order valence-corrected chi connectivity index (χ1v) is 6.18. The number of nitrogens with two attached hydrogens (primary N) is 1. The Labute approximate surface area is 103 Å². The molecule has 4 heteroatoms. The van der Waals surface area contributed by atoms with E-state index in [0.717, 1.165) is 31.0 Å². The number of rotatable bonds is 3. The number of nitrogens with zero attached hydrogens (tertiary/aromatic N) is 2. The summed E-state index contributed by atoms with van der Waals surface area (Å²) >= 11 is 0. The van der Waals surface area contributed by atoms with E-state index in [2.05, 4.69) is 16.8 Å². The number of hydrogen-bond acceptors (Lipinski definition) is 4. The van der Waals surface area contributed by atoms with Gasteiger partial charge in [0.25, 0.3) is 0 Å². The first-order chi connectivity index (χ1) is 8.24. The highest BCUT2D eigenvalue weighted by atomic mass is 16.5. The molecule has 0 bridgehead atoms. The summed E-state index contributed by atoms with van der Waals surface area (Å²) in [7, 11) is 1.79. The van der Waals surface area contributed by atoms with Gasteiger partial charge in [0.1, 0.15) is 5.82 Å². The molecule has 1 aliphatic heterocycles. The monoisotopic (exact) mass is 235 g/mol. The molecule has 0 spiro atoms. The molecular weight excluding hydrogens is 214 g/mol. The number of anilines is 1. The predicted octanol–water partition coefficient (Wildman–Crippen LogP) is 1.40. The van der Waals surface area contributed by atoms with Gasteiger partial charge in [-0.25, -0.2) is 4.98 Å². The number of aromatic nitrogens is 1. The van der Waals surface area contributed by atoms with Crippen molar-refractivity contribution in [1.82, 2.24) is 4.98 Å². The van der Waals surface area contributed by atoms with E-state index in [4.69, 9.17) is 10.5 Å². The van der Waals surface area contributed by atoms with E-state index < -0.39 is 0 Å². The standard InChI is InChI=1S/C13H21N3O/c1-10-6-7-16(9-12(10)17-2)13-5-3-4-11(8-14)15-13/h3-5,10,12H,6-9,14H2,1-2H3. The molecule has 1 aromatic heterocycles. The van der Waals surface area contributed by atoms with E-state index in [0.29, 0.717) is 18.6 Å². The third-order valence-electron chi connectivity index (χ3n) is 3.52. The molecule has 2 atom stereocenters. The molecule has 2 N–H and O–H groups in total. The van der Waals surface area contributed by atoms with Gasteiger partial charge < -0.3 is 15.4 Å². The lowest BCUT2D eigenvalue weighted by molar-refractivity contribution is 0.0496. The maximum atomic E-state index is 5.62. The van der Waals surface area contributed by atoms with Crippen molar-refractivity contribution in [3.8, 4) is 0 Å². The Morgan fingerprint density at radius 3 is 3.06 bits per heavy atom. The fourth-order valence-electron chi connectivity index (χ4n) is 2.31. The number of pyridine rings is 1. The molecule has 2 rings (SSSR count). The fourth-order valence-corrected chi connectivity index (χ4v) is 2.31. The minimum absolute atomic E-state index is 0.298. The quantitative estimate of drug-likeness (QED) is 0.860. The summed E-state index contributed by atoms with van der Waals surface area (Å²) in [5.74, 6) is 1.64. The highest BCUT2D eigenvalue weighted by molar-refractivity contribution is 5.40.